The first kappa shape index (κ1) is 10.2. The van der Waals surface area contributed by atoms with E-state index < -0.39 is 0 Å². The summed E-state index contributed by atoms with van der Waals surface area (Å²) < 4.78 is 4.85. The van der Waals surface area contributed by atoms with Crippen LogP contribution in [-0.4, -0.2) is 17.4 Å². The van der Waals surface area contributed by atoms with Gasteiger partial charge in [-0.3, -0.25) is 9.59 Å². The summed E-state index contributed by atoms with van der Waals surface area (Å²) in [6.45, 7) is 1.67. The Balaban J connectivity index is 2.89. The number of aromatic hydroxyl groups is 1. The molecule has 4 nitrogen and oxygen atoms in total. The lowest BCUT2D eigenvalue weighted by Crippen LogP contribution is -2.05. The maximum Gasteiger partial charge on any atom is 0.310 e. The highest BCUT2D eigenvalue weighted by Gasteiger charge is 2.05. The van der Waals surface area contributed by atoms with Gasteiger partial charge in [-0.15, -0.1) is 0 Å². The van der Waals surface area contributed by atoms with Crippen molar-refractivity contribution in [3.05, 3.63) is 23.8 Å². The lowest BCUT2D eigenvalue weighted by Gasteiger charge is -2.03. The first-order valence-corrected chi connectivity index (χ1v) is 4.16. The van der Waals surface area contributed by atoms with Crippen LogP contribution in [0.15, 0.2) is 18.2 Å². The zero-order valence-electron chi connectivity index (χ0n) is 7.69. The van der Waals surface area contributed by atoms with Crippen molar-refractivity contribution < 1.29 is 19.4 Å². The molecule has 0 saturated heterocycles. The van der Waals surface area contributed by atoms with E-state index in [1.54, 1.807) is 6.92 Å². The minimum Gasteiger partial charge on any atom is -0.507 e. The van der Waals surface area contributed by atoms with Crippen LogP contribution in [0.25, 0.3) is 0 Å². The number of rotatable bonds is 3. The molecule has 4 heteroatoms. The average molecular weight is 194 g/mol. The smallest absolute Gasteiger partial charge is 0.310 e. The summed E-state index contributed by atoms with van der Waals surface area (Å²) in [5.74, 6) is -0.249. The van der Waals surface area contributed by atoms with Crippen LogP contribution in [0.1, 0.15) is 23.7 Å². The van der Waals surface area contributed by atoms with E-state index in [1.807, 2.05) is 0 Å². The number of aldehydes is 1. The van der Waals surface area contributed by atoms with E-state index in [9.17, 15) is 9.59 Å². The number of phenols is 1. The Morgan fingerprint density at radius 1 is 1.57 bits per heavy atom. The number of esters is 1. The maximum absolute atomic E-state index is 10.9. The first-order valence-electron chi connectivity index (χ1n) is 4.16. The van der Waals surface area contributed by atoms with Gasteiger partial charge in [0.25, 0.3) is 0 Å². The van der Waals surface area contributed by atoms with Crippen LogP contribution in [0.4, 0.5) is 0 Å². The third-order valence-corrected chi connectivity index (χ3v) is 1.65. The van der Waals surface area contributed by atoms with Crippen LogP contribution in [0, 0.1) is 0 Å². The Hall–Kier alpha value is -1.84. The largest absolute Gasteiger partial charge is 0.507 e. The number of phenolic OH excluding ortho intramolecular Hbond substituents is 1. The second kappa shape index (κ2) is 4.41. The minimum absolute atomic E-state index is 0.103. The number of ether oxygens (including phenoxy) is 1. The van der Waals surface area contributed by atoms with E-state index in [2.05, 4.69) is 0 Å². The van der Waals surface area contributed by atoms with Gasteiger partial charge in [0.1, 0.15) is 11.5 Å². The van der Waals surface area contributed by atoms with Crippen molar-refractivity contribution in [2.45, 2.75) is 13.3 Å². The molecule has 1 rings (SSSR count). The van der Waals surface area contributed by atoms with Crippen LogP contribution in [-0.2, 0) is 4.79 Å². The van der Waals surface area contributed by atoms with Crippen molar-refractivity contribution in [2.75, 3.05) is 0 Å². The van der Waals surface area contributed by atoms with Gasteiger partial charge in [0.05, 0.1) is 5.56 Å². The molecule has 0 amide bonds. The number of hydrogen-bond acceptors (Lipinski definition) is 4. The van der Waals surface area contributed by atoms with Gasteiger partial charge in [-0.2, -0.15) is 0 Å². The zero-order chi connectivity index (χ0) is 10.6. The van der Waals surface area contributed by atoms with Crippen molar-refractivity contribution in [2.24, 2.45) is 0 Å². The molecular weight excluding hydrogens is 184 g/mol. The van der Waals surface area contributed by atoms with Gasteiger partial charge in [0.15, 0.2) is 6.29 Å². The molecule has 0 radical (unpaired) electrons. The fourth-order valence-electron chi connectivity index (χ4n) is 0.894. The van der Waals surface area contributed by atoms with Crippen molar-refractivity contribution in [3.8, 4) is 11.5 Å². The normalized spacial score (nSPS) is 9.50. The molecule has 0 bridgehead atoms. The molecule has 0 heterocycles. The van der Waals surface area contributed by atoms with E-state index in [-0.39, 0.29) is 29.5 Å². The van der Waals surface area contributed by atoms with Crippen LogP contribution >= 0.6 is 0 Å². The lowest BCUT2D eigenvalue weighted by atomic mass is 10.2. The minimum atomic E-state index is -0.382. The van der Waals surface area contributed by atoms with Gasteiger partial charge in [-0.1, -0.05) is 6.92 Å². The van der Waals surface area contributed by atoms with E-state index in [4.69, 9.17) is 9.84 Å². The van der Waals surface area contributed by atoms with Gasteiger partial charge in [-0.25, -0.2) is 0 Å². The maximum atomic E-state index is 10.9. The highest BCUT2D eigenvalue weighted by molar-refractivity contribution is 5.80. The van der Waals surface area contributed by atoms with Crippen LogP contribution in [0.5, 0.6) is 11.5 Å². The van der Waals surface area contributed by atoms with Crippen molar-refractivity contribution in [1.82, 2.24) is 0 Å². The highest BCUT2D eigenvalue weighted by Crippen LogP contribution is 2.21. The monoisotopic (exact) mass is 194 g/mol. The summed E-state index contributed by atoms with van der Waals surface area (Å²) in [4.78, 5) is 21.3. The predicted molar refractivity (Wildman–Crippen MR) is 49.4 cm³/mol. The standard InChI is InChI=1S/C10H10O4/c1-2-10(13)14-8-3-4-9(12)7(5-8)6-11/h3-6,12H,2H2,1H3. The third-order valence-electron chi connectivity index (χ3n) is 1.65. The Bertz CT molecular complexity index is 357. The van der Waals surface area contributed by atoms with E-state index >= 15 is 0 Å². The molecule has 74 valence electrons. The van der Waals surface area contributed by atoms with E-state index in [0.717, 1.165) is 0 Å². The average Bonchev–Trinajstić information content (AvgIpc) is 2.20. The summed E-state index contributed by atoms with van der Waals surface area (Å²) in [6, 6.07) is 4.05. The Morgan fingerprint density at radius 3 is 2.86 bits per heavy atom. The second-order valence-electron chi connectivity index (χ2n) is 2.67. The molecule has 0 saturated carbocycles. The molecular formula is C10H10O4. The predicted octanol–water partition coefficient (Wildman–Crippen LogP) is 1.52. The lowest BCUT2D eigenvalue weighted by molar-refractivity contribution is -0.134. The molecule has 0 fully saturated rings. The SMILES string of the molecule is CCC(=O)Oc1ccc(O)c(C=O)c1. The fraction of sp³-hybridized carbons (Fsp3) is 0.200. The Kier molecular flexibility index (Phi) is 3.23. The molecule has 1 aromatic carbocycles. The molecule has 0 aliphatic rings. The second-order valence-corrected chi connectivity index (χ2v) is 2.67. The van der Waals surface area contributed by atoms with Crippen molar-refractivity contribution in [1.29, 1.82) is 0 Å². The van der Waals surface area contributed by atoms with Crippen LogP contribution in [0.3, 0.4) is 0 Å². The summed E-state index contributed by atoms with van der Waals surface area (Å²) >= 11 is 0. The molecule has 0 aliphatic heterocycles. The quantitative estimate of drug-likeness (QED) is 0.450. The van der Waals surface area contributed by atoms with Gasteiger partial charge >= 0.3 is 5.97 Å². The van der Waals surface area contributed by atoms with Gasteiger partial charge in [0, 0.05) is 6.42 Å². The fourth-order valence-corrected chi connectivity index (χ4v) is 0.894. The molecule has 1 aromatic rings. The molecule has 0 aliphatic carbocycles. The number of carbonyl (C=O) groups is 2. The van der Waals surface area contributed by atoms with Crippen LogP contribution < -0.4 is 4.74 Å². The van der Waals surface area contributed by atoms with Gasteiger partial charge in [0.2, 0.25) is 0 Å². The summed E-state index contributed by atoms with van der Waals surface area (Å²) in [5, 5.41) is 9.15. The zero-order valence-corrected chi connectivity index (χ0v) is 7.69. The first-order chi connectivity index (χ1) is 6.67. The number of hydrogen-bond donors (Lipinski definition) is 1. The van der Waals surface area contributed by atoms with Gasteiger partial charge in [-0.05, 0) is 18.2 Å². The van der Waals surface area contributed by atoms with Crippen LogP contribution in [0.2, 0.25) is 0 Å². The van der Waals surface area contributed by atoms with Gasteiger partial charge < -0.3 is 9.84 Å². The third kappa shape index (κ3) is 2.32. The summed E-state index contributed by atoms with van der Waals surface area (Å²) in [7, 11) is 0. The Labute approximate surface area is 81.1 Å². The van der Waals surface area contributed by atoms with Crippen molar-refractivity contribution in [3.63, 3.8) is 0 Å². The molecule has 0 aromatic heterocycles. The summed E-state index contributed by atoms with van der Waals surface area (Å²) in [6.07, 6.45) is 0.760. The topological polar surface area (TPSA) is 63.6 Å². The molecule has 0 atom stereocenters. The number of benzene rings is 1. The van der Waals surface area contributed by atoms with E-state index in [1.165, 1.54) is 18.2 Å². The molecule has 0 spiro atoms. The highest BCUT2D eigenvalue weighted by atomic mass is 16.5. The molecule has 1 N–H and O–H groups in total. The summed E-state index contributed by atoms with van der Waals surface area (Å²) in [5.41, 5.74) is 0.103. The molecule has 14 heavy (non-hydrogen) atoms. The van der Waals surface area contributed by atoms with Crippen molar-refractivity contribution >= 4 is 12.3 Å². The number of carbonyl (C=O) groups excluding carboxylic acids is 2. The van der Waals surface area contributed by atoms with E-state index in [0.29, 0.717) is 6.29 Å². The molecule has 0 unspecified atom stereocenters. The Morgan fingerprint density at radius 2 is 2.29 bits per heavy atom.